The van der Waals surface area contributed by atoms with E-state index in [0.29, 0.717) is 12.1 Å². The Labute approximate surface area is 84.6 Å². The van der Waals surface area contributed by atoms with Crippen molar-refractivity contribution < 1.29 is 4.79 Å². The van der Waals surface area contributed by atoms with Crippen LogP contribution in [0.15, 0.2) is 0 Å². The standard InChI is InChI=1S/C10H19N3O/c1-7-6-10(9(11)14,4-5-12-7)13-8-2-3-8/h7-8,12-13H,2-6H2,1H3,(H2,11,14). The zero-order chi connectivity index (χ0) is 10.2. The maximum Gasteiger partial charge on any atom is 0.237 e. The van der Waals surface area contributed by atoms with Crippen LogP contribution in [0.1, 0.15) is 32.6 Å². The molecule has 0 bridgehead atoms. The summed E-state index contributed by atoms with van der Waals surface area (Å²) in [6.07, 6.45) is 4.02. The summed E-state index contributed by atoms with van der Waals surface area (Å²) < 4.78 is 0. The minimum absolute atomic E-state index is 0.183. The fourth-order valence-electron chi connectivity index (χ4n) is 2.27. The molecule has 1 saturated carbocycles. The van der Waals surface area contributed by atoms with Crippen molar-refractivity contribution in [2.75, 3.05) is 6.54 Å². The van der Waals surface area contributed by atoms with Gasteiger partial charge in [0.25, 0.3) is 0 Å². The van der Waals surface area contributed by atoms with Gasteiger partial charge in [-0.1, -0.05) is 0 Å². The summed E-state index contributed by atoms with van der Waals surface area (Å²) in [5, 5.41) is 6.76. The van der Waals surface area contributed by atoms with Gasteiger partial charge in [0.15, 0.2) is 0 Å². The summed E-state index contributed by atoms with van der Waals surface area (Å²) in [5.41, 5.74) is 5.07. The van der Waals surface area contributed by atoms with Gasteiger partial charge < -0.3 is 16.4 Å². The van der Waals surface area contributed by atoms with Crippen molar-refractivity contribution >= 4 is 5.91 Å². The van der Waals surface area contributed by atoms with Crippen molar-refractivity contribution in [1.82, 2.24) is 10.6 Å². The molecule has 80 valence electrons. The Morgan fingerprint density at radius 2 is 2.29 bits per heavy atom. The number of nitrogens with one attached hydrogen (secondary N) is 2. The molecule has 4 nitrogen and oxygen atoms in total. The minimum atomic E-state index is -0.439. The van der Waals surface area contributed by atoms with E-state index < -0.39 is 5.54 Å². The maximum atomic E-state index is 11.5. The van der Waals surface area contributed by atoms with Crippen LogP contribution in [0.25, 0.3) is 0 Å². The third-order valence-corrected chi connectivity index (χ3v) is 3.23. The lowest BCUT2D eigenvalue weighted by Crippen LogP contribution is -2.62. The smallest absolute Gasteiger partial charge is 0.237 e. The van der Waals surface area contributed by atoms with E-state index in [0.717, 1.165) is 19.4 Å². The second-order valence-corrected chi connectivity index (χ2v) is 4.67. The lowest BCUT2D eigenvalue weighted by molar-refractivity contribution is -0.126. The molecule has 1 amide bonds. The van der Waals surface area contributed by atoms with Gasteiger partial charge in [-0.05, 0) is 39.2 Å². The van der Waals surface area contributed by atoms with Gasteiger partial charge in [-0.2, -0.15) is 0 Å². The molecule has 2 aliphatic rings. The first kappa shape index (κ1) is 9.93. The summed E-state index contributed by atoms with van der Waals surface area (Å²) in [4.78, 5) is 11.5. The van der Waals surface area contributed by atoms with Gasteiger partial charge >= 0.3 is 0 Å². The third-order valence-electron chi connectivity index (χ3n) is 3.23. The van der Waals surface area contributed by atoms with Crippen LogP contribution in [-0.2, 0) is 4.79 Å². The van der Waals surface area contributed by atoms with Crippen LogP contribution in [0.3, 0.4) is 0 Å². The number of amides is 1. The first-order valence-electron chi connectivity index (χ1n) is 5.43. The highest BCUT2D eigenvalue weighted by Gasteiger charge is 2.43. The fraction of sp³-hybridized carbons (Fsp3) is 0.900. The molecule has 1 heterocycles. The molecule has 0 aromatic rings. The van der Waals surface area contributed by atoms with Crippen LogP contribution in [0.4, 0.5) is 0 Å². The van der Waals surface area contributed by atoms with Crippen LogP contribution in [0.5, 0.6) is 0 Å². The molecule has 4 N–H and O–H groups in total. The second kappa shape index (κ2) is 3.51. The molecule has 1 aliphatic carbocycles. The Balaban J connectivity index is 2.06. The predicted molar refractivity (Wildman–Crippen MR) is 54.8 cm³/mol. The normalized spacial score (nSPS) is 38.2. The molecule has 0 radical (unpaired) electrons. The molecule has 2 rings (SSSR count). The first-order chi connectivity index (χ1) is 6.62. The maximum absolute atomic E-state index is 11.5. The molecule has 2 fully saturated rings. The summed E-state index contributed by atoms with van der Waals surface area (Å²) in [5.74, 6) is -0.183. The van der Waals surface area contributed by atoms with E-state index >= 15 is 0 Å². The van der Waals surface area contributed by atoms with E-state index in [-0.39, 0.29) is 5.91 Å². The quantitative estimate of drug-likeness (QED) is 0.583. The molecular weight excluding hydrogens is 178 g/mol. The molecule has 4 heteroatoms. The average Bonchev–Trinajstić information content (AvgIpc) is 2.88. The number of carbonyl (C=O) groups is 1. The topological polar surface area (TPSA) is 67.1 Å². The van der Waals surface area contributed by atoms with Crippen molar-refractivity contribution in [3.05, 3.63) is 0 Å². The summed E-state index contributed by atoms with van der Waals surface area (Å²) in [6, 6.07) is 0.912. The molecule has 0 spiro atoms. The average molecular weight is 197 g/mol. The van der Waals surface area contributed by atoms with E-state index in [1.807, 2.05) is 0 Å². The zero-order valence-electron chi connectivity index (χ0n) is 8.68. The van der Waals surface area contributed by atoms with Crippen LogP contribution < -0.4 is 16.4 Å². The number of rotatable bonds is 3. The minimum Gasteiger partial charge on any atom is -0.368 e. The first-order valence-corrected chi connectivity index (χ1v) is 5.43. The number of piperidine rings is 1. The Bertz CT molecular complexity index is 236. The van der Waals surface area contributed by atoms with Crippen LogP contribution in [-0.4, -0.2) is 30.1 Å². The Kier molecular flexibility index (Phi) is 2.49. The second-order valence-electron chi connectivity index (χ2n) is 4.67. The van der Waals surface area contributed by atoms with Gasteiger partial charge in [0, 0.05) is 12.1 Å². The highest BCUT2D eigenvalue weighted by Crippen LogP contribution is 2.28. The Morgan fingerprint density at radius 1 is 1.57 bits per heavy atom. The van der Waals surface area contributed by atoms with Gasteiger partial charge in [0.05, 0.1) is 0 Å². The van der Waals surface area contributed by atoms with Crippen molar-refractivity contribution in [3.8, 4) is 0 Å². The number of carbonyl (C=O) groups excluding carboxylic acids is 1. The van der Waals surface area contributed by atoms with Crippen molar-refractivity contribution in [1.29, 1.82) is 0 Å². The number of primary amides is 1. The molecule has 2 unspecified atom stereocenters. The van der Waals surface area contributed by atoms with E-state index in [1.54, 1.807) is 0 Å². The fourth-order valence-corrected chi connectivity index (χ4v) is 2.27. The monoisotopic (exact) mass is 197 g/mol. The van der Waals surface area contributed by atoms with Crippen molar-refractivity contribution in [2.24, 2.45) is 5.73 Å². The third kappa shape index (κ3) is 1.91. The van der Waals surface area contributed by atoms with Gasteiger partial charge in [-0.3, -0.25) is 4.79 Å². The van der Waals surface area contributed by atoms with E-state index in [9.17, 15) is 4.79 Å². The molecule has 1 saturated heterocycles. The summed E-state index contributed by atoms with van der Waals surface area (Å²) in [6.45, 7) is 2.98. The highest BCUT2D eigenvalue weighted by atomic mass is 16.1. The van der Waals surface area contributed by atoms with Gasteiger partial charge in [-0.15, -0.1) is 0 Å². The molecule has 1 aliphatic heterocycles. The summed E-state index contributed by atoms with van der Waals surface area (Å²) in [7, 11) is 0. The van der Waals surface area contributed by atoms with E-state index in [1.165, 1.54) is 12.8 Å². The number of hydrogen-bond donors (Lipinski definition) is 3. The number of hydrogen-bond acceptors (Lipinski definition) is 3. The Morgan fingerprint density at radius 3 is 2.79 bits per heavy atom. The lowest BCUT2D eigenvalue weighted by Gasteiger charge is -2.39. The zero-order valence-corrected chi connectivity index (χ0v) is 8.68. The highest BCUT2D eigenvalue weighted by molar-refractivity contribution is 5.85. The van der Waals surface area contributed by atoms with Crippen LogP contribution in [0, 0.1) is 0 Å². The lowest BCUT2D eigenvalue weighted by atomic mass is 9.84. The van der Waals surface area contributed by atoms with Crippen LogP contribution >= 0.6 is 0 Å². The van der Waals surface area contributed by atoms with Crippen molar-refractivity contribution in [2.45, 2.75) is 50.2 Å². The molecule has 2 atom stereocenters. The molecule has 14 heavy (non-hydrogen) atoms. The molecule has 0 aromatic carbocycles. The Hall–Kier alpha value is -0.610. The number of nitrogens with two attached hydrogens (primary N) is 1. The molecule has 0 aromatic heterocycles. The van der Waals surface area contributed by atoms with Gasteiger partial charge in [0.1, 0.15) is 5.54 Å². The predicted octanol–water partition coefficient (Wildman–Crippen LogP) is -0.266. The van der Waals surface area contributed by atoms with Gasteiger partial charge in [0.2, 0.25) is 5.91 Å². The van der Waals surface area contributed by atoms with E-state index in [4.69, 9.17) is 5.73 Å². The SMILES string of the molecule is CC1CC(NC2CC2)(C(N)=O)CCN1. The van der Waals surface area contributed by atoms with Crippen LogP contribution in [0.2, 0.25) is 0 Å². The molecular formula is C10H19N3O. The van der Waals surface area contributed by atoms with E-state index in [2.05, 4.69) is 17.6 Å². The largest absolute Gasteiger partial charge is 0.368 e. The van der Waals surface area contributed by atoms with Gasteiger partial charge in [-0.25, -0.2) is 0 Å². The summed E-state index contributed by atoms with van der Waals surface area (Å²) >= 11 is 0. The van der Waals surface area contributed by atoms with Crippen molar-refractivity contribution in [3.63, 3.8) is 0 Å².